The minimum atomic E-state index is -1.84. The fourth-order valence-corrected chi connectivity index (χ4v) is 2.75. The fourth-order valence-electron chi connectivity index (χ4n) is 2.75. The lowest BCUT2D eigenvalue weighted by atomic mass is 9.79. The lowest BCUT2D eigenvalue weighted by molar-refractivity contribution is 0.121. The van der Waals surface area contributed by atoms with Crippen molar-refractivity contribution in [1.29, 1.82) is 0 Å². The van der Waals surface area contributed by atoms with Crippen LogP contribution in [0.25, 0.3) is 0 Å². The number of aromatic hydroxyl groups is 4. The minimum absolute atomic E-state index is 0.146. The predicted molar refractivity (Wildman–Crippen MR) is 88.1 cm³/mol. The first kappa shape index (κ1) is 15.7. The van der Waals surface area contributed by atoms with E-state index in [0.717, 1.165) is 6.07 Å². The van der Waals surface area contributed by atoms with Crippen molar-refractivity contribution in [3.63, 3.8) is 0 Å². The summed E-state index contributed by atoms with van der Waals surface area (Å²) in [6.45, 7) is 0. The van der Waals surface area contributed by atoms with Gasteiger partial charge in [0.15, 0.2) is 11.5 Å². The second-order valence-corrected chi connectivity index (χ2v) is 5.43. The maximum absolute atomic E-state index is 11.5. The molecule has 122 valence electrons. The maximum atomic E-state index is 11.5. The number of hydrogen-bond donors (Lipinski definition) is 5. The van der Waals surface area contributed by atoms with Crippen molar-refractivity contribution in [2.24, 2.45) is 0 Å². The SMILES string of the molecule is Oc1cc(C(O)(c2ccccc2)c2ccccc2)c(O)c(O)c1O. The van der Waals surface area contributed by atoms with E-state index in [1.807, 2.05) is 0 Å². The molecule has 0 spiro atoms. The van der Waals surface area contributed by atoms with Crippen LogP contribution in [0.15, 0.2) is 66.7 Å². The Bertz CT molecular complexity index is 820. The molecular formula is C19H16O5. The van der Waals surface area contributed by atoms with Gasteiger partial charge in [0.2, 0.25) is 11.5 Å². The van der Waals surface area contributed by atoms with Gasteiger partial charge >= 0.3 is 0 Å². The van der Waals surface area contributed by atoms with Crippen molar-refractivity contribution >= 4 is 0 Å². The molecule has 0 heterocycles. The lowest BCUT2D eigenvalue weighted by Gasteiger charge is -2.31. The summed E-state index contributed by atoms with van der Waals surface area (Å²) in [6, 6.07) is 18.1. The number of benzene rings is 3. The molecule has 3 rings (SSSR count). The van der Waals surface area contributed by atoms with E-state index in [4.69, 9.17) is 0 Å². The quantitative estimate of drug-likeness (QED) is 0.290. The highest BCUT2D eigenvalue weighted by atomic mass is 16.3. The smallest absolute Gasteiger partial charge is 0.204 e. The Labute approximate surface area is 138 Å². The van der Waals surface area contributed by atoms with Crippen LogP contribution in [0, 0.1) is 0 Å². The second-order valence-electron chi connectivity index (χ2n) is 5.43. The van der Waals surface area contributed by atoms with E-state index in [0.29, 0.717) is 11.1 Å². The molecule has 0 aromatic heterocycles. The number of aliphatic hydroxyl groups is 1. The molecule has 0 aliphatic rings. The van der Waals surface area contributed by atoms with Crippen molar-refractivity contribution in [3.8, 4) is 23.0 Å². The molecule has 0 atom stereocenters. The molecule has 24 heavy (non-hydrogen) atoms. The summed E-state index contributed by atoms with van der Waals surface area (Å²) < 4.78 is 0. The average molecular weight is 324 g/mol. The van der Waals surface area contributed by atoms with E-state index in [-0.39, 0.29) is 5.56 Å². The summed E-state index contributed by atoms with van der Waals surface area (Å²) >= 11 is 0. The molecule has 0 saturated carbocycles. The average Bonchev–Trinajstić information content (AvgIpc) is 2.64. The Morgan fingerprint density at radius 2 is 1.04 bits per heavy atom. The van der Waals surface area contributed by atoms with E-state index in [1.165, 1.54) is 0 Å². The van der Waals surface area contributed by atoms with E-state index in [2.05, 4.69) is 0 Å². The molecule has 0 bridgehead atoms. The molecule has 0 amide bonds. The van der Waals surface area contributed by atoms with E-state index >= 15 is 0 Å². The summed E-state index contributed by atoms with van der Waals surface area (Å²) in [5.41, 5.74) is -1.13. The standard InChI is InChI=1S/C19H16O5/c20-15-11-14(16(21)18(23)17(15)22)19(24,12-7-3-1-4-8-12)13-9-5-2-6-10-13/h1-11,20-24H. The van der Waals surface area contributed by atoms with Crippen LogP contribution >= 0.6 is 0 Å². The van der Waals surface area contributed by atoms with Crippen LogP contribution in [0.1, 0.15) is 16.7 Å². The van der Waals surface area contributed by atoms with Crippen LogP contribution in [-0.4, -0.2) is 25.5 Å². The molecule has 5 N–H and O–H groups in total. The van der Waals surface area contributed by atoms with Crippen LogP contribution in [0.3, 0.4) is 0 Å². The number of phenolic OH excluding ortho intramolecular Hbond substituents is 4. The van der Waals surface area contributed by atoms with Gasteiger partial charge in [-0.3, -0.25) is 0 Å². The Balaban J connectivity index is 2.36. The monoisotopic (exact) mass is 324 g/mol. The number of rotatable bonds is 3. The molecule has 3 aromatic rings. The third-order valence-electron chi connectivity index (χ3n) is 4.00. The first-order valence-electron chi connectivity index (χ1n) is 7.27. The van der Waals surface area contributed by atoms with Gasteiger partial charge in [0.25, 0.3) is 0 Å². The van der Waals surface area contributed by atoms with Crippen LogP contribution in [0.5, 0.6) is 23.0 Å². The van der Waals surface area contributed by atoms with Crippen molar-refractivity contribution < 1.29 is 25.5 Å². The zero-order valence-corrected chi connectivity index (χ0v) is 12.6. The van der Waals surface area contributed by atoms with Gasteiger partial charge < -0.3 is 25.5 Å². The predicted octanol–water partition coefficient (Wildman–Crippen LogP) is 2.79. The summed E-state index contributed by atoms with van der Waals surface area (Å²) in [7, 11) is 0. The molecule has 5 nitrogen and oxygen atoms in total. The second kappa shape index (κ2) is 5.79. The van der Waals surface area contributed by atoms with Crippen LogP contribution < -0.4 is 0 Å². The topological polar surface area (TPSA) is 101 Å². The third kappa shape index (κ3) is 2.31. The largest absolute Gasteiger partial charge is 0.504 e. The van der Waals surface area contributed by atoms with Crippen LogP contribution in [0.4, 0.5) is 0 Å². The number of phenols is 4. The van der Waals surface area contributed by atoms with Gasteiger partial charge in [-0.2, -0.15) is 0 Å². The van der Waals surface area contributed by atoms with Gasteiger partial charge in [0.05, 0.1) is 0 Å². The van der Waals surface area contributed by atoms with E-state index < -0.39 is 28.6 Å². The summed E-state index contributed by atoms with van der Waals surface area (Å²) in [6.07, 6.45) is 0. The maximum Gasteiger partial charge on any atom is 0.204 e. The zero-order chi connectivity index (χ0) is 17.3. The molecule has 0 aliphatic carbocycles. The first-order chi connectivity index (χ1) is 11.5. The summed E-state index contributed by atoms with van der Waals surface area (Å²) in [4.78, 5) is 0. The Hall–Kier alpha value is -3.18. The van der Waals surface area contributed by atoms with Gasteiger partial charge in [-0.25, -0.2) is 0 Å². The van der Waals surface area contributed by atoms with Crippen LogP contribution in [-0.2, 0) is 5.60 Å². The first-order valence-corrected chi connectivity index (χ1v) is 7.27. The molecule has 0 saturated heterocycles. The highest BCUT2D eigenvalue weighted by molar-refractivity contribution is 5.65. The third-order valence-corrected chi connectivity index (χ3v) is 4.00. The highest BCUT2D eigenvalue weighted by Gasteiger charge is 2.38. The molecule has 0 radical (unpaired) electrons. The van der Waals surface area contributed by atoms with E-state index in [9.17, 15) is 25.5 Å². The minimum Gasteiger partial charge on any atom is -0.504 e. The molecular weight excluding hydrogens is 308 g/mol. The van der Waals surface area contributed by atoms with Crippen molar-refractivity contribution in [3.05, 3.63) is 83.4 Å². The van der Waals surface area contributed by atoms with Gasteiger partial charge in [0.1, 0.15) is 5.60 Å². The Morgan fingerprint density at radius 3 is 1.50 bits per heavy atom. The molecule has 0 unspecified atom stereocenters. The van der Waals surface area contributed by atoms with E-state index in [1.54, 1.807) is 60.7 Å². The molecule has 0 aliphatic heterocycles. The lowest BCUT2D eigenvalue weighted by Crippen LogP contribution is -2.28. The Kier molecular flexibility index (Phi) is 3.79. The van der Waals surface area contributed by atoms with Crippen LogP contribution in [0.2, 0.25) is 0 Å². The normalized spacial score (nSPS) is 11.4. The number of hydrogen-bond acceptors (Lipinski definition) is 5. The fraction of sp³-hybridized carbons (Fsp3) is 0.0526. The molecule has 5 heteroatoms. The van der Waals surface area contributed by atoms with Crippen molar-refractivity contribution in [1.82, 2.24) is 0 Å². The van der Waals surface area contributed by atoms with Gasteiger partial charge in [-0.05, 0) is 17.2 Å². The Morgan fingerprint density at radius 1 is 0.583 bits per heavy atom. The van der Waals surface area contributed by atoms with Gasteiger partial charge in [0, 0.05) is 5.56 Å². The summed E-state index contributed by atoms with van der Waals surface area (Å²) in [5.74, 6) is -3.10. The zero-order valence-electron chi connectivity index (χ0n) is 12.6. The summed E-state index contributed by atoms with van der Waals surface area (Å²) in [5, 5.41) is 51.0. The molecule has 0 fully saturated rings. The van der Waals surface area contributed by atoms with Crippen molar-refractivity contribution in [2.75, 3.05) is 0 Å². The highest BCUT2D eigenvalue weighted by Crippen LogP contribution is 2.50. The van der Waals surface area contributed by atoms with Gasteiger partial charge in [-0.15, -0.1) is 0 Å². The molecule has 3 aromatic carbocycles. The van der Waals surface area contributed by atoms with Gasteiger partial charge in [-0.1, -0.05) is 60.7 Å². The van der Waals surface area contributed by atoms with Crippen molar-refractivity contribution in [2.45, 2.75) is 5.60 Å².